The van der Waals surface area contributed by atoms with Gasteiger partial charge in [0.1, 0.15) is 5.82 Å². The Hall–Kier alpha value is -3.08. The van der Waals surface area contributed by atoms with Gasteiger partial charge in [0.2, 0.25) is 6.41 Å². The van der Waals surface area contributed by atoms with Crippen LogP contribution in [0.15, 0.2) is 67.6 Å². The molecule has 124 valence electrons. The van der Waals surface area contributed by atoms with E-state index in [2.05, 4.69) is 11.6 Å². The Labute approximate surface area is 143 Å². The standard InChI is InChI=1S/C19H22N4O/c1-5-13-22(6-2)19-12-11-16(14-20-19)23(15-24)18-10-8-7-9-17(18)21(3)4/h5-15H,2H2,1,3-4H3/b13-5-. The monoisotopic (exact) mass is 322 g/mol. The molecule has 1 aromatic heterocycles. The van der Waals surface area contributed by atoms with Crippen molar-refractivity contribution in [3.63, 3.8) is 0 Å². The maximum Gasteiger partial charge on any atom is 0.218 e. The summed E-state index contributed by atoms with van der Waals surface area (Å²) in [4.78, 5) is 21.5. The molecule has 5 heteroatoms. The predicted octanol–water partition coefficient (Wildman–Crippen LogP) is 3.93. The molecule has 0 unspecified atom stereocenters. The molecule has 0 aliphatic carbocycles. The second-order valence-corrected chi connectivity index (χ2v) is 5.31. The van der Waals surface area contributed by atoms with Crippen LogP contribution >= 0.6 is 0 Å². The van der Waals surface area contributed by atoms with E-state index in [1.807, 2.05) is 79.5 Å². The normalized spacial score (nSPS) is 10.5. The molecule has 24 heavy (non-hydrogen) atoms. The lowest BCUT2D eigenvalue weighted by atomic mass is 10.2. The maximum atomic E-state index is 11.7. The Balaban J connectivity index is 2.39. The lowest BCUT2D eigenvalue weighted by Crippen LogP contribution is -2.19. The molecular weight excluding hydrogens is 300 g/mol. The van der Waals surface area contributed by atoms with E-state index in [1.165, 1.54) is 0 Å². The van der Waals surface area contributed by atoms with E-state index < -0.39 is 0 Å². The van der Waals surface area contributed by atoms with E-state index >= 15 is 0 Å². The number of amides is 1. The van der Waals surface area contributed by atoms with Gasteiger partial charge in [0.15, 0.2) is 0 Å². The maximum absolute atomic E-state index is 11.7. The van der Waals surface area contributed by atoms with Crippen molar-refractivity contribution in [2.24, 2.45) is 0 Å². The third kappa shape index (κ3) is 3.63. The SMILES string of the molecule is C=CN(/C=C\C)c1ccc(N(C=O)c2ccccc2N(C)C)cn1. The summed E-state index contributed by atoms with van der Waals surface area (Å²) in [7, 11) is 3.89. The Morgan fingerprint density at radius 2 is 1.79 bits per heavy atom. The van der Waals surface area contributed by atoms with Crippen LogP contribution < -0.4 is 14.7 Å². The number of carbonyl (C=O) groups is 1. The highest BCUT2D eigenvalue weighted by molar-refractivity contribution is 5.92. The molecule has 2 rings (SSSR count). The van der Waals surface area contributed by atoms with Crippen LogP contribution in [0.1, 0.15) is 6.92 Å². The molecule has 0 N–H and O–H groups in total. The first kappa shape index (κ1) is 17.3. The molecule has 0 bridgehead atoms. The van der Waals surface area contributed by atoms with Crippen LogP contribution in [-0.2, 0) is 4.79 Å². The molecule has 5 nitrogen and oxygen atoms in total. The first-order valence-corrected chi connectivity index (χ1v) is 7.63. The van der Waals surface area contributed by atoms with Gasteiger partial charge in [-0.25, -0.2) is 4.98 Å². The van der Waals surface area contributed by atoms with E-state index in [-0.39, 0.29) is 0 Å². The lowest BCUT2D eigenvalue weighted by molar-refractivity contribution is -0.106. The van der Waals surface area contributed by atoms with Crippen molar-refractivity contribution in [2.45, 2.75) is 6.92 Å². The number of aromatic nitrogens is 1. The lowest BCUT2D eigenvalue weighted by Gasteiger charge is -2.24. The van der Waals surface area contributed by atoms with Crippen molar-refractivity contribution in [3.05, 3.63) is 67.6 Å². The Morgan fingerprint density at radius 3 is 2.29 bits per heavy atom. The molecule has 0 aliphatic rings. The van der Waals surface area contributed by atoms with Gasteiger partial charge in [-0.1, -0.05) is 24.8 Å². The number of rotatable bonds is 7. The number of para-hydroxylation sites is 2. The van der Waals surface area contributed by atoms with Crippen molar-refractivity contribution in [1.82, 2.24) is 4.98 Å². The topological polar surface area (TPSA) is 39.7 Å². The Bertz CT molecular complexity index is 722. The fraction of sp³-hybridized carbons (Fsp3) is 0.158. The van der Waals surface area contributed by atoms with Crippen molar-refractivity contribution in [3.8, 4) is 0 Å². The number of allylic oxidation sites excluding steroid dienone is 1. The molecule has 0 atom stereocenters. The summed E-state index contributed by atoms with van der Waals surface area (Å²) in [6, 6.07) is 11.5. The predicted molar refractivity (Wildman–Crippen MR) is 101 cm³/mol. The Kier molecular flexibility index (Phi) is 5.73. The minimum atomic E-state index is 0.701. The van der Waals surface area contributed by atoms with Gasteiger partial charge in [-0.3, -0.25) is 9.69 Å². The average molecular weight is 322 g/mol. The zero-order chi connectivity index (χ0) is 17.5. The minimum Gasteiger partial charge on any atom is -0.376 e. The van der Waals surface area contributed by atoms with Crippen molar-refractivity contribution in [1.29, 1.82) is 0 Å². The molecule has 2 aromatic rings. The summed E-state index contributed by atoms with van der Waals surface area (Å²) in [5.41, 5.74) is 2.46. The third-order valence-corrected chi connectivity index (χ3v) is 3.51. The zero-order valence-electron chi connectivity index (χ0n) is 14.3. The molecule has 0 aliphatic heterocycles. The van der Waals surface area contributed by atoms with E-state index in [9.17, 15) is 4.79 Å². The van der Waals surface area contributed by atoms with Crippen molar-refractivity contribution in [2.75, 3.05) is 28.8 Å². The van der Waals surface area contributed by atoms with Crippen molar-refractivity contribution >= 4 is 29.3 Å². The summed E-state index contributed by atoms with van der Waals surface area (Å²) in [6.07, 6.45) is 7.93. The number of hydrogen-bond acceptors (Lipinski definition) is 4. The molecule has 0 radical (unpaired) electrons. The highest BCUT2D eigenvalue weighted by atomic mass is 16.1. The molecule has 1 heterocycles. The van der Waals surface area contributed by atoms with Crippen LogP contribution in [0.4, 0.5) is 22.9 Å². The summed E-state index contributed by atoms with van der Waals surface area (Å²) >= 11 is 0. The van der Waals surface area contributed by atoms with E-state index in [0.717, 1.165) is 23.6 Å². The first-order valence-electron chi connectivity index (χ1n) is 7.63. The largest absolute Gasteiger partial charge is 0.376 e. The third-order valence-electron chi connectivity index (χ3n) is 3.51. The Morgan fingerprint density at radius 1 is 1.08 bits per heavy atom. The van der Waals surface area contributed by atoms with Gasteiger partial charge in [-0.2, -0.15) is 0 Å². The van der Waals surface area contributed by atoms with Crippen LogP contribution in [0.3, 0.4) is 0 Å². The van der Waals surface area contributed by atoms with Gasteiger partial charge in [-0.05, 0) is 31.2 Å². The van der Waals surface area contributed by atoms with Gasteiger partial charge < -0.3 is 9.80 Å². The van der Waals surface area contributed by atoms with E-state index in [0.29, 0.717) is 5.69 Å². The highest BCUT2D eigenvalue weighted by Gasteiger charge is 2.14. The number of pyridine rings is 1. The van der Waals surface area contributed by atoms with Gasteiger partial charge in [-0.15, -0.1) is 0 Å². The molecule has 1 aromatic carbocycles. The smallest absolute Gasteiger partial charge is 0.218 e. The second kappa shape index (κ2) is 7.97. The van der Waals surface area contributed by atoms with Gasteiger partial charge in [0.05, 0.1) is 23.3 Å². The molecular formula is C19H22N4O. The van der Waals surface area contributed by atoms with Crippen LogP contribution in [0.2, 0.25) is 0 Å². The molecule has 0 saturated heterocycles. The van der Waals surface area contributed by atoms with Crippen LogP contribution in [-0.4, -0.2) is 25.5 Å². The number of carbonyl (C=O) groups excluding carboxylic acids is 1. The average Bonchev–Trinajstić information content (AvgIpc) is 2.61. The van der Waals surface area contributed by atoms with E-state index in [4.69, 9.17) is 0 Å². The van der Waals surface area contributed by atoms with Crippen LogP contribution in [0, 0.1) is 0 Å². The number of anilines is 4. The van der Waals surface area contributed by atoms with Crippen molar-refractivity contribution < 1.29 is 4.79 Å². The van der Waals surface area contributed by atoms with Gasteiger partial charge in [0.25, 0.3) is 0 Å². The number of hydrogen-bond donors (Lipinski definition) is 0. The summed E-state index contributed by atoms with van der Waals surface area (Å²) in [5, 5.41) is 0. The minimum absolute atomic E-state index is 0.701. The second-order valence-electron chi connectivity index (χ2n) is 5.31. The molecule has 0 spiro atoms. The first-order chi connectivity index (χ1) is 11.6. The highest BCUT2D eigenvalue weighted by Crippen LogP contribution is 2.32. The number of nitrogens with zero attached hydrogens (tertiary/aromatic N) is 4. The summed E-state index contributed by atoms with van der Waals surface area (Å²) in [6.45, 7) is 5.70. The van der Waals surface area contributed by atoms with E-state index in [1.54, 1.807) is 17.3 Å². The summed E-state index contributed by atoms with van der Waals surface area (Å²) in [5.74, 6) is 0.735. The molecule has 0 fully saturated rings. The molecule has 1 amide bonds. The molecule has 0 saturated carbocycles. The fourth-order valence-corrected chi connectivity index (χ4v) is 2.37. The van der Waals surface area contributed by atoms with Gasteiger partial charge in [0, 0.05) is 26.5 Å². The summed E-state index contributed by atoms with van der Waals surface area (Å²) < 4.78 is 0. The zero-order valence-corrected chi connectivity index (χ0v) is 14.3. The van der Waals surface area contributed by atoms with Crippen LogP contribution in [0.5, 0.6) is 0 Å². The quantitative estimate of drug-likeness (QED) is 0.724. The fourth-order valence-electron chi connectivity index (χ4n) is 2.37. The van der Waals surface area contributed by atoms with Crippen LogP contribution in [0.25, 0.3) is 0 Å². The van der Waals surface area contributed by atoms with Gasteiger partial charge >= 0.3 is 0 Å². The number of benzene rings is 1.